The Hall–Kier alpha value is -6.74. The quantitative estimate of drug-likeness (QED) is 0.150. The van der Waals surface area contributed by atoms with Crippen LogP contribution in [0.25, 0.3) is 33.0 Å². The summed E-state index contributed by atoms with van der Waals surface area (Å²) in [4.78, 5) is 2.64. The van der Waals surface area contributed by atoms with E-state index in [4.69, 9.17) is 0 Å². The fourth-order valence-corrected chi connectivity index (χ4v) is 18.1. The molecule has 0 N–H and O–H groups in total. The van der Waals surface area contributed by atoms with Crippen molar-refractivity contribution in [3.8, 4) is 22.3 Å². The van der Waals surface area contributed by atoms with Crippen LogP contribution in [0, 0.1) is 13.8 Å². The lowest BCUT2D eigenvalue weighted by Crippen LogP contribution is -2.70. The van der Waals surface area contributed by atoms with Crippen molar-refractivity contribution in [2.24, 2.45) is 0 Å². The van der Waals surface area contributed by atoms with Crippen LogP contribution in [0.5, 0.6) is 0 Å². The van der Waals surface area contributed by atoms with Crippen LogP contribution in [0.3, 0.4) is 0 Å². The Balaban J connectivity index is 1.17. The fraction of sp³-hybridized carbons (Fsp3) is 0.103. The van der Waals surface area contributed by atoms with Crippen molar-refractivity contribution in [3.05, 3.63) is 233 Å². The molecule has 3 aliphatic heterocycles. The lowest BCUT2D eigenvalue weighted by Gasteiger charge is -2.53. The number of hydrogen-bond acceptors (Lipinski definition) is 1. The number of para-hydroxylation sites is 1. The predicted molar refractivity (Wildman–Crippen MR) is 254 cm³/mol. The van der Waals surface area contributed by atoms with Crippen molar-refractivity contribution in [3.63, 3.8) is 0 Å². The Morgan fingerprint density at radius 3 is 1.55 bits per heavy atom. The smallest absolute Gasteiger partial charge is 0.182 e. The molecule has 60 heavy (non-hydrogen) atoms. The second-order valence-corrected chi connectivity index (χ2v) is 21.8. The van der Waals surface area contributed by atoms with Crippen molar-refractivity contribution in [1.29, 1.82) is 0 Å². The van der Waals surface area contributed by atoms with Crippen molar-refractivity contribution in [2.45, 2.75) is 38.5 Å². The highest BCUT2D eigenvalue weighted by atomic mass is 28.3. The Kier molecular flexibility index (Phi) is 6.67. The molecule has 13 rings (SSSR count). The summed E-state index contributed by atoms with van der Waals surface area (Å²) in [6, 6.07) is 73.0. The summed E-state index contributed by atoms with van der Waals surface area (Å²) in [7, 11) is -2.67. The van der Waals surface area contributed by atoms with Gasteiger partial charge in [-0.3, -0.25) is 0 Å². The summed E-state index contributed by atoms with van der Waals surface area (Å²) < 4.78 is 0. The van der Waals surface area contributed by atoms with E-state index in [2.05, 4.69) is 221 Å². The topological polar surface area (TPSA) is 3.24 Å². The van der Waals surface area contributed by atoms with Crippen molar-refractivity contribution >= 4 is 56.7 Å². The summed E-state index contributed by atoms with van der Waals surface area (Å²) >= 11 is 0. The van der Waals surface area contributed by atoms with E-state index in [0.29, 0.717) is 0 Å². The minimum absolute atomic E-state index is 0.178. The average molecular weight is 782 g/mol. The van der Waals surface area contributed by atoms with Gasteiger partial charge >= 0.3 is 0 Å². The highest BCUT2D eigenvalue weighted by Gasteiger charge is 2.56. The molecule has 2 spiro atoms. The zero-order chi connectivity index (χ0) is 40.1. The highest BCUT2D eigenvalue weighted by Crippen LogP contribution is 2.64. The molecule has 0 saturated carbocycles. The van der Waals surface area contributed by atoms with Crippen LogP contribution in [0.1, 0.15) is 58.4 Å². The molecular weight excluding hydrogens is 739 g/mol. The second-order valence-electron chi connectivity index (χ2n) is 18.1. The number of benzene rings is 9. The molecule has 1 aliphatic carbocycles. The molecule has 0 atom stereocenters. The van der Waals surface area contributed by atoms with Gasteiger partial charge in [-0.05, 0) is 114 Å². The van der Waals surface area contributed by atoms with Gasteiger partial charge in [-0.25, -0.2) is 0 Å². The van der Waals surface area contributed by atoms with Gasteiger partial charge in [0.2, 0.25) is 0 Å². The summed E-state index contributed by atoms with van der Waals surface area (Å²) in [5, 5.41) is 8.51. The predicted octanol–water partition coefficient (Wildman–Crippen LogP) is 11.6. The third-order valence-corrected chi connectivity index (χ3v) is 19.8. The van der Waals surface area contributed by atoms with Gasteiger partial charge in [0.05, 0.1) is 16.8 Å². The number of fused-ring (bicyclic) bond motifs is 20. The fourth-order valence-electron chi connectivity index (χ4n) is 12.4. The first kappa shape index (κ1) is 34.2. The summed E-state index contributed by atoms with van der Waals surface area (Å²) in [5.41, 5.74) is 19.3. The van der Waals surface area contributed by atoms with Crippen molar-refractivity contribution < 1.29 is 0 Å². The molecule has 9 aromatic rings. The third kappa shape index (κ3) is 3.98. The SMILES string of the molecule is Cc1ccc2c(c1)C1(c3ccccc3N(c3ccc4c(c3)[Si]3(c5ccccc5-c5ccccc53)c3ccccc3-4)c3c1ccc1ccccc31)c1cc(C)ccc1C2(C)C. The Bertz CT molecular complexity index is 3230. The van der Waals surface area contributed by atoms with Crippen LogP contribution >= 0.6 is 0 Å². The first-order valence-electron chi connectivity index (χ1n) is 21.4. The molecule has 0 radical (unpaired) electrons. The van der Waals surface area contributed by atoms with Gasteiger partial charge in [0.1, 0.15) is 0 Å². The molecule has 0 unspecified atom stereocenters. The number of nitrogens with zero attached hydrogens (tertiary/aromatic N) is 1. The van der Waals surface area contributed by atoms with Crippen LogP contribution < -0.4 is 25.6 Å². The van der Waals surface area contributed by atoms with Crippen LogP contribution in [-0.4, -0.2) is 8.07 Å². The van der Waals surface area contributed by atoms with Crippen LogP contribution in [0.4, 0.5) is 17.1 Å². The van der Waals surface area contributed by atoms with Gasteiger partial charge in [-0.2, -0.15) is 0 Å². The normalized spacial score (nSPS) is 16.0. The standard InChI is InChI=1S/C58H43NSi/c1-36-25-30-45-49(33-36)58(50-34-37(2)26-31-46(50)57(45,3)4)47-20-10-11-21-51(47)59(56-40-16-6-5-15-38(40)27-32-48(56)58)39-28-29-44-43-19-9-14-24-54(43)60(55(44)35-39)52-22-12-7-17-41(52)42-18-8-13-23-53(42)60/h5-35H,1-4H3. The average Bonchev–Trinajstić information content (AvgIpc) is 3.75. The molecular formula is C58H43NSi. The molecule has 0 bridgehead atoms. The van der Waals surface area contributed by atoms with Gasteiger partial charge in [-0.1, -0.05) is 195 Å². The third-order valence-electron chi connectivity index (χ3n) is 14.8. The first-order valence-corrected chi connectivity index (χ1v) is 23.4. The molecule has 4 aliphatic rings. The lowest BCUT2D eigenvalue weighted by atomic mass is 9.52. The van der Waals surface area contributed by atoms with Gasteiger partial charge in [0, 0.05) is 16.5 Å². The first-order chi connectivity index (χ1) is 29.3. The monoisotopic (exact) mass is 781 g/mol. The van der Waals surface area contributed by atoms with Crippen LogP contribution in [0.15, 0.2) is 188 Å². The maximum atomic E-state index is 2.64. The lowest BCUT2D eigenvalue weighted by molar-refractivity contribution is 0.556. The van der Waals surface area contributed by atoms with E-state index in [1.807, 2.05) is 0 Å². The summed E-state index contributed by atoms with van der Waals surface area (Å²) in [6.45, 7) is 9.37. The molecule has 0 amide bonds. The molecule has 0 saturated heterocycles. The zero-order valence-electron chi connectivity index (χ0n) is 34.3. The summed E-state index contributed by atoms with van der Waals surface area (Å²) in [5.74, 6) is 0. The molecule has 284 valence electrons. The van der Waals surface area contributed by atoms with Gasteiger partial charge < -0.3 is 4.90 Å². The maximum Gasteiger partial charge on any atom is 0.182 e. The van der Waals surface area contributed by atoms with E-state index in [0.717, 1.165) is 0 Å². The van der Waals surface area contributed by atoms with Crippen LogP contribution in [-0.2, 0) is 10.8 Å². The van der Waals surface area contributed by atoms with E-state index in [-0.39, 0.29) is 5.41 Å². The van der Waals surface area contributed by atoms with E-state index in [9.17, 15) is 0 Å². The van der Waals surface area contributed by atoms with E-state index < -0.39 is 13.5 Å². The maximum absolute atomic E-state index is 2.67. The van der Waals surface area contributed by atoms with Crippen molar-refractivity contribution in [1.82, 2.24) is 0 Å². The molecule has 2 heteroatoms. The van der Waals surface area contributed by atoms with E-state index in [1.54, 1.807) is 0 Å². The van der Waals surface area contributed by atoms with E-state index in [1.165, 1.54) is 115 Å². The Labute approximate surface area is 353 Å². The molecule has 0 fully saturated rings. The van der Waals surface area contributed by atoms with Gasteiger partial charge in [0.25, 0.3) is 0 Å². The molecule has 0 aromatic heterocycles. The number of anilines is 3. The second kappa shape index (κ2) is 11.7. The molecule has 1 nitrogen and oxygen atoms in total. The van der Waals surface area contributed by atoms with Gasteiger partial charge in [0.15, 0.2) is 8.07 Å². The van der Waals surface area contributed by atoms with E-state index >= 15 is 0 Å². The summed E-state index contributed by atoms with van der Waals surface area (Å²) in [6.07, 6.45) is 0. The van der Waals surface area contributed by atoms with Gasteiger partial charge in [-0.15, -0.1) is 0 Å². The largest absolute Gasteiger partial charge is 0.309 e. The number of aryl methyl sites for hydroxylation is 2. The number of hydrogen-bond donors (Lipinski definition) is 0. The molecule has 3 heterocycles. The Morgan fingerprint density at radius 2 is 0.917 bits per heavy atom. The minimum atomic E-state index is -2.67. The highest BCUT2D eigenvalue weighted by molar-refractivity contribution is 7.24. The Morgan fingerprint density at radius 1 is 0.400 bits per heavy atom. The van der Waals surface area contributed by atoms with Crippen molar-refractivity contribution in [2.75, 3.05) is 4.90 Å². The number of rotatable bonds is 1. The molecule has 9 aromatic carbocycles. The van der Waals surface area contributed by atoms with Crippen LogP contribution in [0.2, 0.25) is 0 Å². The zero-order valence-corrected chi connectivity index (χ0v) is 35.3. The minimum Gasteiger partial charge on any atom is -0.309 e.